The first-order chi connectivity index (χ1) is 9.65. The predicted octanol–water partition coefficient (Wildman–Crippen LogP) is 2.42. The van der Waals surface area contributed by atoms with E-state index >= 15 is 0 Å². The Bertz CT molecular complexity index is 374. The van der Waals surface area contributed by atoms with Gasteiger partial charge in [-0.05, 0) is 6.07 Å². The second-order valence-electron chi connectivity index (χ2n) is 4.15. The van der Waals surface area contributed by atoms with E-state index in [2.05, 4.69) is 0 Å². The maximum atomic E-state index is 11.9. The number of para-hydroxylation sites is 1. The molecular weight excluding hydrogens is 270 g/mol. The van der Waals surface area contributed by atoms with Crippen LogP contribution in [0.3, 0.4) is 0 Å². The van der Waals surface area contributed by atoms with Crippen LogP contribution in [0.5, 0.6) is 5.75 Å². The molecule has 0 radical (unpaired) electrons. The zero-order valence-electron chi connectivity index (χ0n) is 11.4. The van der Waals surface area contributed by atoms with Crippen LogP contribution in [0.15, 0.2) is 24.3 Å². The van der Waals surface area contributed by atoms with Crippen LogP contribution < -0.4 is 4.74 Å². The fraction of sp³-hybridized carbons (Fsp3) is 0.571. The SMILES string of the molecule is COCCOc1ccccc1C(O)CCOCC(F)F. The fourth-order valence-corrected chi connectivity index (χ4v) is 1.65. The lowest BCUT2D eigenvalue weighted by Gasteiger charge is -2.16. The number of rotatable bonds is 10. The zero-order chi connectivity index (χ0) is 14.8. The molecule has 0 fully saturated rings. The van der Waals surface area contributed by atoms with Crippen LogP contribution in [0.4, 0.5) is 8.78 Å². The highest BCUT2D eigenvalue weighted by molar-refractivity contribution is 5.35. The van der Waals surface area contributed by atoms with Crippen molar-refractivity contribution in [2.24, 2.45) is 0 Å². The molecule has 6 heteroatoms. The Labute approximate surface area is 117 Å². The topological polar surface area (TPSA) is 47.9 Å². The van der Waals surface area contributed by atoms with Gasteiger partial charge in [0.1, 0.15) is 19.0 Å². The smallest absolute Gasteiger partial charge is 0.261 e. The van der Waals surface area contributed by atoms with Gasteiger partial charge in [-0.2, -0.15) is 0 Å². The van der Waals surface area contributed by atoms with Crippen molar-refractivity contribution in [3.63, 3.8) is 0 Å². The van der Waals surface area contributed by atoms with E-state index in [9.17, 15) is 13.9 Å². The highest BCUT2D eigenvalue weighted by atomic mass is 19.3. The largest absolute Gasteiger partial charge is 0.491 e. The lowest BCUT2D eigenvalue weighted by molar-refractivity contribution is 0.00450. The van der Waals surface area contributed by atoms with Crippen molar-refractivity contribution < 1.29 is 28.1 Å². The molecule has 0 saturated carbocycles. The maximum Gasteiger partial charge on any atom is 0.261 e. The van der Waals surface area contributed by atoms with E-state index in [0.29, 0.717) is 24.5 Å². The number of aliphatic hydroxyl groups is 1. The number of aliphatic hydroxyl groups excluding tert-OH is 1. The molecule has 0 aliphatic carbocycles. The monoisotopic (exact) mass is 290 g/mol. The highest BCUT2D eigenvalue weighted by Crippen LogP contribution is 2.27. The molecule has 0 saturated heterocycles. The normalized spacial score (nSPS) is 12.7. The molecule has 1 rings (SSSR count). The molecule has 1 aromatic rings. The molecule has 0 heterocycles. The van der Waals surface area contributed by atoms with Crippen molar-refractivity contribution in [2.75, 3.05) is 33.5 Å². The molecule has 1 atom stereocenters. The number of alkyl halides is 2. The van der Waals surface area contributed by atoms with Gasteiger partial charge >= 0.3 is 0 Å². The third-order valence-corrected chi connectivity index (χ3v) is 2.60. The van der Waals surface area contributed by atoms with Crippen LogP contribution >= 0.6 is 0 Å². The van der Waals surface area contributed by atoms with Crippen molar-refractivity contribution in [1.82, 2.24) is 0 Å². The Morgan fingerprint density at radius 3 is 2.60 bits per heavy atom. The minimum absolute atomic E-state index is 0.0674. The Kier molecular flexibility index (Phi) is 8.10. The summed E-state index contributed by atoms with van der Waals surface area (Å²) in [6.07, 6.45) is -3.07. The number of benzene rings is 1. The van der Waals surface area contributed by atoms with E-state index in [1.165, 1.54) is 0 Å². The van der Waals surface area contributed by atoms with Gasteiger partial charge in [0.25, 0.3) is 6.43 Å². The van der Waals surface area contributed by atoms with E-state index in [0.717, 1.165) is 0 Å². The average Bonchev–Trinajstić information content (AvgIpc) is 2.44. The lowest BCUT2D eigenvalue weighted by Crippen LogP contribution is -2.11. The van der Waals surface area contributed by atoms with Gasteiger partial charge in [0, 0.05) is 25.7 Å². The van der Waals surface area contributed by atoms with E-state index < -0.39 is 19.1 Å². The minimum atomic E-state index is -2.49. The van der Waals surface area contributed by atoms with Crippen molar-refractivity contribution in [3.8, 4) is 5.75 Å². The van der Waals surface area contributed by atoms with Crippen molar-refractivity contribution >= 4 is 0 Å². The quantitative estimate of drug-likeness (QED) is 0.672. The summed E-state index contributed by atoms with van der Waals surface area (Å²) in [5.74, 6) is 0.561. The van der Waals surface area contributed by atoms with Crippen LogP contribution in [0.25, 0.3) is 0 Å². The first-order valence-corrected chi connectivity index (χ1v) is 6.39. The molecule has 4 nitrogen and oxygen atoms in total. The van der Waals surface area contributed by atoms with Gasteiger partial charge in [-0.25, -0.2) is 8.78 Å². The fourth-order valence-electron chi connectivity index (χ4n) is 1.65. The molecule has 1 unspecified atom stereocenters. The van der Waals surface area contributed by atoms with Crippen LogP contribution in [-0.2, 0) is 9.47 Å². The maximum absolute atomic E-state index is 11.9. The van der Waals surface area contributed by atoms with Crippen molar-refractivity contribution in [3.05, 3.63) is 29.8 Å². The summed E-state index contributed by atoms with van der Waals surface area (Å²) in [5.41, 5.74) is 0.615. The molecule has 0 spiro atoms. The first kappa shape index (κ1) is 16.8. The second kappa shape index (κ2) is 9.63. The lowest BCUT2D eigenvalue weighted by atomic mass is 10.1. The van der Waals surface area contributed by atoms with E-state index in [1.54, 1.807) is 31.4 Å². The highest BCUT2D eigenvalue weighted by Gasteiger charge is 2.13. The third-order valence-electron chi connectivity index (χ3n) is 2.60. The molecule has 20 heavy (non-hydrogen) atoms. The second-order valence-corrected chi connectivity index (χ2v) is 4.15. The summed E-state index contributed by atoms with van der Waals surface area (Å²) < 4.78 is 38.9. The summed E-state index contributed by atoms with van der Waals surface area (Å²) in [4.78, 5) is 0. The van der Waals surface area contributed by atoms with Gasteiger partial charge in [0.2, 0.25) is 0 Å². The first-order valence-electron chi connectivity index (χ1n) is 6.39. The van der Waals surface area contributed by atoms with Crippen LogP contribution in [0.1, 0.15) is 18.1 Å². The van der Waals surface area contributed by atoms with Crippen LogP contribution in [-0.4, -0.2) is 45.1 Å². The predicted molar refractivity (Wildman–Crippen MR) is 70.2 cm³/mol. The molecule has 0 aliphatic heterocycles. The minimum Gasteiger partial charge on any atom is -0.491 e. The van der Waals surface area contributed by atoms with Crippen LogP contribution in [0, 0.1) is 0 Å². The van der Waals surface area contributed by atoms with Gasteiger partial charge in [0.15, 0.2) is 0 Å². The standard InChI is InChI=1S/C14H20F2O4/c1-18-8-9-20-13-5-3-2-4-11(13)12(17)6-7-19-10-14(15)16/h2-5,12,14,17H,6-10H2,1H3. The molecule has 0 amide bonds. The van der Waals surface area contributed by atoms with E-state index in [1.807, 2.05) is 0 Å². The molecule has 1 N–H and O–H groups in total. The zero-order valence-corrected chi connectivity index (χ0v) is 11.4. The molecule has 0 aromatic heterocycles. The Balaban J connectivity index is 2.47. The third kappa shape index (κ3) is 6.27. The summed E-state index contributed by atoms with van der Waals surface area (Å²) >= 11 is 0. The van der Waals surface area contributed by atoms with Crippen LogP contribution in [0.2, 0.25) is 0 Å². The van der Waals surface area contributed by atoms with Gasteiger partial charge in [-0.1, -0.05) is 18.2 Å². The van der Waals surface area contributed by atoms with E-state index in [4.69, 9.17) is 14.2 Å². The summed E-state index contributed by atoms with van der Waals surface area (Å²) in [6.45, 7) is 0.278. The van der Waals surface area contributed by atoms with Crippen molar-refractivity contribution in [1.29, 1.82) is 0 Å². The number of hydrogen-bond acceptors (Lipinski definition) is 4. The van der Waals surface area contributed by atoms with Crippen molar-refractivity contribution in [2.45, 2.75) is 19.0 Å². The average molecular weight is 290 g/mol. The Morgan fingerprint density at radius 2 is 1.90 bits per heavy atom. The summed E-state index contributed by atoms with van der Waals surface area (Å²) in [6, 6.07) is 7.06. The molecule has 1 aromatic carbocycles. The number of halogens is 2. The van der Waals surface area contributed by atoms with Gasteiger partial charge < -0.3 is 19.3 Å². The van der Waals surface area contributed by atoms with Gasteiger partial charge in [-0.15, -0.1) is 0 Å². The van der Waals surface area contributed by atoms with Gasteiger partial charge in [0.05, 0.1) is 12.7 Å². The Hall–Kier alpha value is -1.24. The summed E-state index contributed by atoms with van der Waals surface area (Å²) in [7, 11) is 1.57. The number of ether oxygens (including phenoxy) is 3. The summed E-state index contributed by atoms with van der Waals surface area (Å²) in [5, 5.41) is 10.0. The molecular formula is C14H20F2O4. The molecule has 0 bridgehead atoms. The molecule has 0 aliphatic rings. The number of methoxy groups -OCH3 is 1. The Morgan fingerprint density at radius 1 is 1.15 bits per heavy atom. The number of hydrogen-bond donors (Lipinski definition) is 1. The molecule has 114 valence electrons. The van der Waals surface area contributed by atoms with Gasteiger partial charge in [-0.3, -0.25) is 0 Å². The van der Waals surface area contributed by atoms with E-state index in [-0.39, 0.29) is 13.0 Å².